The molecule has 0 amide bonds. The lowest BCUT2D eigenvalue weighted by Crippen LogP contribution is -2.51. The number of benzene rings is 3. The fraction of sp³-hybridized carbons (Fsp3) is 0.486. The van der Waals surface area contributed by atoms with E-state index in [1.807, 2.05) is 23.8 Å². The average Bonchev–Trinajstić information content (AvgIpc) is 2.99. The molecule has 11 heteroatoms. The first-order valence-corrected chi connectivity index (χ1v) is 15.8. The normalized spacial score (nSPS) is 24.3. The second-order valence-corrected chi connectivity index (χ2v) is 13.6. The van der Waals surface area contributed by atoms with Crippen molar-refractivity contribution >= 4 is 27.5 Å². The van der Waals surface area contributed by atoms with Gasteiger partial charge >= 0.3 is 6.01 Å². The average molecular weight is 641 g/mol. The molecule has 2 aliphatic heterocycles. The Kier molecular flexibility index (Phi) is 8.52. The van der Waals surface area contributed by atoms with Crippen LogP contribution in [0, 0.1) is 23.0 Å². The monoisotopic (exact) mass is 640 g/mol. The topological polar surface area (TPSA) is 82.0 Å². The molecule has 0 bridgehead atoms. The van der Waals surface area contributed by atoms with E-state index in [2.05, 4.69) is 9.97 Å². The summed E-state index contributed by atoms with van der Waals surface area (Å²) in [5, 5.41) is 22.9. The summed E-state index contributed by atoms with van der Waals surface area (Å²) in [5.41, 5.74) is -1.16. The Morgan fingerprint density at radius 2 is 1.83 bits per heavy atom. The van der Waals surface area contributed by atoms with E-state index < -0.39 is 35.0 Å². The second-order valence-electron chi connectivity index (χ2n) is 13.6. The fourth-order valence-corrected chi connectivity index (χ4v) is 7.43. The molecule has 0 aliphatic carbocycles. The number of aliphatic hydroxyl groups is 1. The number of aromatic nitrogens is 2. The number of piperidine rings is 2. The van der Waals surface area contributed by atoms with Crippen LogP contribution in [-0.2, 0) is 6.42 Å². The van der Waals surface area contributed by atoms with Gasteiger partial charge in [0.05, 0.1) is 12.2 Å². The molecule has 0 spiro atoms. The van der Waals surface area contributed by atoms with Crippen LogP contribution >= 0.6 is 0 Å². The number of rotatable bonds is 7. The first kappa shape index (κ1) is 32.2. The molecule has 6 rings (SSSR count). The summed E-state index contributed by atoms with van der Waals surface area (Å²) in [5.74, 6) is -1.77. The maximum absolute atomic E-state index is 16.8. The summed E-state index contributed by atoms with van der Waals surface area (Å²) < 4.78 is 66.1. The molecule has 2 N–H and O–H groups in total. The molecule has 0 radical (unpaired) electrons. The summed E-state index contributed by atoms with van der Waals surface area (Å²) in [6, 6.07) is 8.90. The third-order valence-corrected chi connectivity index (χ3v) is 9.72. The summed E-state index contributed by atoms with van der Waals surface area (Å²) in [4.78, 5) is 13.0. The SMILES string of the molecule is CCc1c(F)ccc2cc(O)cc(-c3ccc4c(N5CCC[C@@](C)(O)C5)nc(OC[C@]5(C)CN(C)CC[C@@H]5C(F)F)nc4c3F)c12. The third kappa shape index (κ3) is 5.95. The molecule has 0 unspecified atom stereocenters. The Balaban J connectivity index is 1.51. The Morgan fingerprint density at radius 1 is 1.04 bits per heavy atom. The zero-order valence-electron chi connectivity index (χ0n) is 26.6. The number of ether oxygens (including phenoxy) is 1. The van der Waals surface area contributed by atoms with Gasteiger partial charge in [-0.15, -0.1) is 0 Å². The molecule has 246 valence electrons. The summed E-state index contributed by atoms with van der Waals surface area (Å²) in [7, 11) is 1.88. The Morgan fingerprint density at radius 3 is 2.54 bits per heavy atom. The van der Waals surface area contributed by atoms with Crippen LogP contribution in [0.15, 0.2) is 36.4 Å². The van der Waals surface area contributed by atoms with Crippen LogP contribution in [0.2, 0.25) is 0 Å². The van der Waals surface area contributed by atoms with Crippen LogP contribution in [0.3, 0.4) is 0 Å². The van der Waals surface area contributed by atoms with Gasteiger partial charge in [0, 0.05) is 41.9 Å². The fourth-order valence-electron chi connectivity index (χ4n) is 7.43. The van der Waals surface area contributed by atoms with Crippen molar-refractivity contribution in [3.63, 3.8) is 0 Å². The minimum absolute atomic E-state index is 0.0648. The summed E-state index contributed by atoms with van der Waals surface area (Å²) in [6.45, 7) is 6.94. The van der Waals surface area contributed by atoms with Gasteiger partial charge in [-0.25, -0.2) is 17.6 Å². The van der Waals surface area contributed by atoms with Crippen molar-refractivity contribution in [3.8, 4) is 22.9 Å². The molecule has 4 aromatic rings. The van der Waals surface area contributed by atoms with Crippen molar-refractivity contribution in [2.24, 2.45) is 11.3 Å². The molecular formula is C35H40F4N4O3. The van der Waals surface area contributed by atoms with Gasteiger partial charge in [0.2, 0.25) is 6.43 Å². The van der Waals surface area contributed by atoms with Gasteiger partial charge in [0.1, 0.15) is 22.9 Å². The van der Waals surface area contributed by atoms with Crippen molar-refractivity contribution < 1.29 is 32.5 Å². The van der Waals surface area contributed by atoms with E-state index in [1.165, 1.54) is 18.2 Å². The highest BCUT2D eigenvalue weighted by atomic mass is 19.3. The van der Waals surface area contributed by atoms with Crippen LogP contribution in [-0.4, -0.2) is 76.9 Å². The number of alkyl halides is 2. The van der Waals surface area contributed by atoms with Crippen LogP contribution in [0.4, 0.5) is 23.4 Å². The molecule has 2 saturated heterocycles. The molecule has 0 saturated carbocycles. The molecule has 2 aliphatic rings. The molecule has 1 aromatic heterocycles. The van der Waals surface area contributed by atoms with Crippen molar-refractivity contribution in [3.05, 3.63) is 53.6 Å². The number of anilines is 1. The van der Waals surface area contributed by atoms with Gasteiger partial charge in [0.15, 0.2) is 5.82 Å². The van der Waals surface area contributed by atoms with Gasteiger partial charge in [-0.05, 0) is 92.4 Å². The van der Waals surface area contributed by atoms with Crippen molar-refractivity contribution in [2.45, 2.75) is 58.5 Å². The first-order chi connectivity index (χ1) is 21.8. The van der Waals surface area contributed by atoms with Gasteiger partial charge in [-0.3, -0.25) is 0 Å². The smallest absolute Gasteiger partial charge is 0.319 e. The molecular weight excluding hydrogens is 600 g/mol. The van der Waals surface area contributed by atoms with Crippen LogP contribution in [0.25, 0.3) is 32.8 Å². The number of nitrogens with zero attached hydrogens (tertiary/aromatic N) is 4. The van der Waals surface area contributed by atoms with E-state index in [1.54, 1.807) is 32.0 Å². The van der Waals surface area contributed by atoms with E-state index in [-0.39, 0.29) is 36.0 Å². The zero-order chi connectivity index (χ0) is 33.0. The molecule has 3 atom stereocenters. The van der Waals surface area contributed by atoms with Gasteiger partial charge in [0.25, 0.3) is 0 Å². The minimum Gasteiger partial charge on any atom is -0.508 e. The highest BCUT2D eigenvalue weighted by molar-refractivity contribution is 6.03. The summed E-state index contributed by atoms with van der Waals surface area (Å²) >= 11 is 0. The number of hydrogen-bond acceptors (Lipinski definition) is 7. The maximum Gasteiger partial charge on any atom is 0.319 e. The number of likely N-dealkylation sites (tertiary alicyclic amines) is 1. The van der Waals surface area contributed by atoms with E-state index in [9.17, 15) is 23.4 Å². The van der Waals surface area contributed by atoms with Crippen molar-refractivity contribution in [2.75, 3.05) is 44.7 Å². The molecule has 46 heavy (non-hydrogen) atoms. The Bertz CT molecular complexity index is 1780. The number of halogens is 4. The van der Waals surface area contributed by atoms with E-state index in [0.29, 0.717) is 78.4 Å². The quantitative estimate of drug-likeness (QED) is 0.212. The van der Waals surface area contributed by atoms with Gasteiger partial charge in [-0.1, -0.05) is 26.0 Å². The predicted octanol–water partition coefficient (Wildman–Crippen LogP) is 6.95. The molecule has 7 nitrogen and oxygen atoms in total. The largest absolute Gasteiger partial charge is 0.508 e. The van der Waals surface area contributed by atoms with Gasteiger partial charge in [-0.2, -0.15) is 9.97 Å². The number of β-amino-alcohol motifs (C(OH)–C–C–N with tert-alkyl or cyclic N) is 1. The lowest BCUT2D eigenvalue weighted by molar-refractivity contribution is -0.0679. The Hall–Kier alpha value is -3.70. The predicted molar refractivity (Wildman–Crippen MR) is 171 cm³/mol. The number of aromatic hydroxyl groups is 1. The number of fused-ring (bicyclic) bond motifs is 2. The number of phenolic OH excluding ortho intramolecular Hbond substituents is 1. The van der Waals surface area contributed by atoms with E-state index >= 15 is 4.39 Å². The van der Waals surface area contributed by atoms with Crippen LogP contribution < -0.4 is 9.64 Å². The molecule has 3 aromatic carbocycles. The number of hydrogen-bond donors (Lipinski definition) is 2. The lowest BCUT2D eigenvalue weighted by atomic mass is 9.73. The maximum atomic E-state index is 16.8. The Labute approximate surface area is 265 Å². The van der Waals surface area contributed by atoms with Crippen LogP contribution in [0.1, 0.15) is 45.6 Å². The van der Waals surface area contributed by atoms with E-state index in [4.69, 9.17) is 4.74 Å². The minimum atomic E-state index is -2.53. The standard InChI is InChI=1S/C35H40F4N4O3/c1-5-22-27(36)10-7-20-15-21(44)16-25(28(20)22)23-8-9-24-30(29(23)37)40-33(41-32(24)43-13-6-12-35(3,45)18-43)46-19-34(2)17-42(4)14-11-26(34)31(38)39/h7-10,15-16,26,31,44-45H,5-6,11-14,17-19H2,1-4H3/t26-,34+,35-/m1/s1. The summed E-state index contributed by atoms with van der Waals surface area (Å²) in [6.07, 6.45) is -0.590. The number of phenols is 1. The highest BCUT2D eigenvalue weighted by Crippen LogP contribution is 2.42. The first-order valence-electron chi connectivity index (χ1n) is 15.8. The molecule has 3 heterocycles. The number of aryl methyl sites for hydroxylation is 1. The van der Waals surface area contributed by atoms with Crippen molar-refractivity contribution in [1.82, 2.24) is 14.9 Å². The van der Waals surface area contributed by atoms with Crippen molar-refractivity contribution in [1.29, 1.82) is 0 Å². The third-order valence-electron chi connectivity index (χ3n) is 9.72. The zero-order valence-corrected chi connectivity index (χ0v) is 26.6. The lowest BCUT2D eigenvalue weighted by Gasteiger charge is -2.44. The molecule has 2 fully saturated rings. The van der Waals surface area contributed by atoms with Gasteiger partial charge < -0.3 is 24.7 Å². The van der Waals surface area contributed by atoms with Crippen LogP contribution in [0.5, 0.6) is 11.8 Å². The highest BCUT2D eigenvalue weighted by Gasteiger charge is 2.44. The second kappa shape index (κ2) is 12.2. The van der Waals surface area contributed by atoms with E-state index in [0.717, 1.165) is 0 Å².